The van der Waals surface area contributed by atoms with Crippen molar-refractivity contribution in [3.63, 3.8) is 0 Å². The average molecular weight is 374 g/mol. The van der Waals surface area contributed by atoms with Crippen LogP contribution in [0.2, 0.25) is 0 Å². The Bertz CT molecular complexity index is 663. The lowest BCUT2D eigenvalue weighted by Crippen LogP contribution is -2.52. The third-order valence-corrected chi connectivity index (χ3v) is 4.68. The van der Waals surface area contributed by atoms with Crippen LogP contribution in [0.5, 0.6) is 0 Å². The SMILES string of the molecule is CC(C)Cc1ccc(C(CP(=O)(O)O)(C(=O)O)C(=O)C(O)CO)cc1. The van der Waals surface area contributed by atoms with Gasteiger partial charge in [0, 0.05) is 0 Å². The molecule has 0 aliphatic rings. The monoisotopic (exact) mass is 374 g/mol. The average Bonchev–Trinajstić information content (AvgIpc) is 2.50. The zero-order valence-corrected chi connectivity index (χ0v) is 14.9. The highest BCUT2D eigenvalue weighted by Gasteiger charge is 2.53. The molecule has 0 bridgehead atoms. The highest BCUT2D eigenvalue weighted by atomic mass is 31.2. The van der Waals surface area contributed by atoms with Crippen molar-refractivity contribution < 1.29 is 39.3 Å². The maximum Gasteiger partial charge on any atom is 0.327 e. The second-order valence-corrected chi connectivity index (χ2v) is 8.04. The van der Waals surface area contributed by atoms with Gasteiger partial charge in [0.1, 0.15) is 6.10 Å². The van der Waals surface area contributed by atoms with Gasteiger partial charge in [0.05, 0.1) is 12.8 Å². The van der Waals surface area contributed by atoms with Crippen molar-refractivity contribution in [3.8, 4) is 0 Å². The third-order valence-electron chi connectivity index (χ3n) is 3.80. The van der Waals surface area contributed by atoms with Crippen molar-refractivity contribution in [2.45, 2.75) is 31.8 Å². The summed E-state index contributed by atoms with van der Waals surface area (Å²) in [7, 11) is -4.94. The Hall–Kier alpha value is -1.57. The maximum atomic E-state index is 12.4. The summed E-state index contributed by atoms with van der Waals surface area (Å²) >= 11 is 0. The first-order valence-electron chi connectivity index (χ1n) is 7.64. The number of aliphatic carboxylic acids is 1. The van der Waals surface area contributed by atoms with Crippen LogP contribution < -0.4 is 0 Å². The van der Waals surface area contributed by atoms with Crippen LogP contribution in [-0.2, 0) is 26.0 Å². The fourth-order valence-corrected chi connectivity index (χ4v) is 3.77. The summed E-state index contributed by atoms with van der Waals surface area (Å²) < 4.78 is 11.5. The zero-order valence-electron chi connectivity index (χ0n) is 14.0. The molecular formula is C16H23O8P. The fourth-order valence-electron chi connectivity index (χ4n) is 2.68. The summed E-state index contributed by atoms with van der Waals surface area (Å²) in [6.07, 6.45) is -2.68. The number of carbonyl (C=O) groups excluding carboxylic acids is 1. The summed E-state index contributed by atoms with van der Waals surface area (Å²) in [6.45, 7) is 2.93. The molecule has 1 aromatic carbocycles. The predicted octanol–water partition coefficient (Wildman–Crippen LogP) is 0.307. The standard InChI is InChI=1S/C16H23O8P/c1-10(2)7-11-3-5-12(6-4-11)16(15(20)21,9-25(22,23)24)14(19)13(18)8-17/h3-6,10,13,17-18H,7-9H2,1-2H3,(H,20,21)(H2,22,23,24). The number of rotatable bonds is 9. The molecule has 0 aliphatic carbocycles. The normalized spacial score (nSPS) is 15.6. The van der Waals surface area contributed by atoms with Gasteiger partial charge in [-0.05, 0) is 23.5 Å². The molecule has 1 rings (SSSR count). The van der Waals surface area contributed by atoms with E-state index in [0.717, 1.165) is 5.56 Å². The van der Waals surface area contributed by atoms with Crippen molar-refractivity contribution in [2.24, 2.45) is 5.92 Å². The minimum Gasteiger partial charge on any atom is -0.480 e. The quantitative estimate of drug-likeness (QED) is 0.306. The molecule has 0 radical (unpaired) electrons. The molecule has 25 heavy (non-hydrogen) atoms. The van der Waals surface area contributed by atoms with Crippen molar-refractivity contribution in [1.29, 1.82) is 0 Å². The van der Waals surface area contributed by atoms with Crippen LogP contribution in [0.3, 0.4) is 0 Å². The predicted molar refractivity (Wildman–Crippen MR) is 89.3 cm³/mol. The molecule has 0 amide bonds. The number of benzene rings is 1. The summed E-state index contributed by atoms with van der Waals surface area (Å²) in [5, 5.41) is 28.2. The zero-order chi connectivity index (χ0) is 19.4. The molecule has 2 unspecified atom stereocenters. The first kappa shape index (κ1) is 21.5. The second-order valence-electron chi connectivity index (χ2n) is 6.39. The van der Waals surface area contributed by atoms with Crippen molar-refractivity contribution >= 4 is 19.3 Å². The fraction of sp³-hybridized carbons (Fsp3) is 0.500. The molecule has 0 saturated carbocycles. The topological polar surface area (TPSA) is 152 Å². The Morgan fingerprint density at radius 3 is 2.04 bits per heavy atom. The number of hydrogen-bond donors (Lipinski definition) is 5. The van der Waals surface area contributed by atoms with Gasteiger partial charge >= 0.3 is 13.6 Å². The number of ketones is 1. The van der Waals surface area contributed by atoms with Crippen LogP contribution in [0.25, 0.3) is 0 Å². The minimum absolute atomic E-state index is 0.159. The molecule has 0 spiro atoms. The molecule has 2 atom stereocenters. The van der Waals surface area contributed by atoms with Gasteiger partial charge in [0.15, 0.2) is 11.2 Å². The number of carboxylic acid groups (broad SMARTS) is 1. The first-order valence-corrected chi connectivity index (χ1v) is 9.44. The molecule has 9 heteroatoms. The van der Waals surface area contributed by atoms with E-state index in [1.54, 1.807) is 12.1 Å². The lowest BCUT2D eigenvalue weighted by atomic mass is 9.76. The number of carboxylic acids is 1. The van der Waals surface area contributed by atoms with Crippen molar-refractivity contribution in [2.75, 3.05) is 12.8 Å². The van der Waals surface area contributed by atoms with E-state index in [1.165, 1.54) is 12.1 Å². The Labute approximate surface area is 145 Å². The van der Waals surface area contributed by atoms with Crippen LogP contribution in [-0.4, -0.2) is 55.7 Å². The Kier molecular flexibility index (Phi) is 7.05. The van der Waals surface area contributed by atoms with Crippen LogP contribution in [0.1, 0.15) is 25.0 Å². The largest absolute Gasteiger partial charge is 0.480 e. The Morgan fingerprint density at radius 2 is 1.68 bits per heavy atom. The van der Waals surface area contributed by atoms with Crippen molar-refractivity contribution in [3.05, 3.63) is 35.4 Å². The summed E-state index contributed by atoms with van der Waals surface area (Å²) in [6, 6.07) is 5.77. The van der Waals surface area contributed by atoms with Gasteiger partial charge in [-0.1, -0.05) is 38.1 Å². The van der Waals surface area contributed by atoms with Crippen molar-refractivity contribution in [1.82, 2.24) is 0 Å². The van der Waals surface area contributed by atoms with E-state index >= 15 is 0 Å². The van der Waals surface area contributed by atoms with Crippen LogP contribution in [0.4, 0.5) is 0 Å². The smallest absolute Gasteiger partial charge is 0.327 e. The molecule has 8 nitrogen and oxygen atoms in total. The maximum absolute atomic E-state index is 12.4. The summed E-state index contributed by atoms with van der Waals surface area (Å²) in [5.41, 5.74) is -1.95. The van der Waals surface area contributed by atoms with Gasteiger partial charge in [0.25, 0.3) is 0 Å². The van der Waals surface area contributed by atoms with E-state index in [1.807, 2.05) is 13.8 Å². The van der Waals surface area contributed by atoms with Gasteiger partial charge in [0.2, 0.25) is 0 Å². The van der Waals surface area contributed by atoms with Crippen LogP contribution in [0.15, 0.2) is 24.3 Å². The Balaban J connectivity index is 3.50. The molecule has 0 aliphatic heterocycles. The second kappa shape index (κ2) is 8.21. The minimum atomic E-state index is -4.94. The lowest BCUT2D eigenvalue weighted by Gasteiger charge is -2.30. The van der Waals surface area contributed by atoms with E-state index in [4.69, 9.17) is 5.11 Å². The first-order chi connectivity index (χ1) is 11.4. The van der Waals surface area contributed by atoms with Crippen LogP contribution in [0, 0.1) is 5.92 Å². The third kappa shape index (κ3) is 5.20. The van der Waals surface area contributed by atoms with E-state index in [-0.39, 0.29) is 5.56 Å². The molecule has 0 saturated heterocycles. The number of Topliss-reactive ketones (excluding diaryl/α,β-unsaturated/α-hetero) is 1. The highest BCUT2D eigenvalue weighted by Crippen LogP contribution is 2.44. The number of aliphatic hydroxyl groups is 2. The van der Waals surface area contributed by atoms with E-state index < -0.39 is 43.6 Å². The van der Waals surface area contributed by atoms with E-state index in [9.17, 15) is 34.2 Å². The lowest BCUT2D eigenvalue weighted by molar-refractivity contribution is -0.152. The van der Waals surface area contributed by atoms with Gasteiger partial charge in [-0.25, -0.2) is 0 Å². The highest BCUT2D eigenvalue weighted by molar-refractivity contribution is 7.52. The summed E-state index contributed by atoms with van der Waals surface area (Å²) in [4.78, 5) is 42.9. The number of hydrogen-bond acceptors (Lipinski definition) is 5. The molecule has 0 aromatic heterocycles. The Morgan fingerprint density at radius 1 is 1.16 bits per heavy atom. The molecule has 0 fully saturated rings. The number of carbonyl (C=O) groups is 2. The molecule has 1 aromatic rings. The molecule has 0 heterocycles. The molecule has 140 valence electrons. The van der Waals surface area contributed by atoms with Gasteiger partial charge in [-0.15, -0.1) is 0 Å². The van der Waals surface area contributed by atoms with Gasteiger partial charge in [-0.3, -0.25) is 14.2 Å². The number of aliphatic hydroxyl groups excluding tert-OH is 2. The van der Waals surface area contributed by atoms with E-state index in [0.29, 0.717) is 12.3 Å². The van der Waals surface area contributed by atoms with E-state index in [2.05, 4.69) is 0 Å². The molecule has 5 N–H and O–H groups in total. The summed E-state index contributed by atoms with van der Waals surface area (Å²) in [5.74, 6) is -2.84. The van der Waals surface area contributed by atoms with Gasteiger partial charge in [-0.2, -0.15) is 0 Å². The molecular weight excluding hydrogens is 351 g/mol. The van der Waals surface area contributed by atoms with Crippen LogP contribution >= 0.6 is 7.60 Å². The van der Waals surface area contributed by atoms with Gasteiger partial charge < -0.3 is 25.1 Å².